The van der Waals surface area contributed by atoms with Gasteiger partial charge in [-0.15, -0.1) is 0 Å². The van der Waals surface area contributed by atoms with Crippen molar-refractivity contribution in [3.8, 4) is 0 Å². The Morgan fingerprint density at radius 1 is 1.17 bits per heavy atom. The lowest BCUT2D eigenvalue weighted by Gasteiger charge is -2.60. The number of hydrogen-bond acceptors (Lipinski definition) is 2. The Labute approximate surface area is 142 Å². The summed E-state index contributed by atoms with van der Waals surface area (Å²) in [7, 11) is 0. The number of carbonyl (C=O) groups excluding carboxylic acids is 1. The predicted octanol–water partition coefficient (Wildman–Crippen LogP) is 3.21. The molecule has 0 aliphatic heterocycles. The largest absolute Gasteiger partial charge is 0.390 e. The Balaban J connectivity index is 1.31. The third-order valence-corrected chi connectivity index (χ3v) is 6.34. The second-order valence-electron chi connectivity index (χ2n) is 8.59. The molecule has 4 bridgehead atoms. The van der Waals surface area contributed by atoms with Crippen LogP contribution in [0.4, 0.5) is 4.39 Å². The van der Waals surface area contributed by atoms with Gasteiger partial charge in [-0.2, -0.15) is 0 Å². The molecule has 2 atom stereocenters. The Bertz CT molecular complexity index is 613. The van der Waals surface area contributed by atoms with Gasteiger partial charge in [0.1, 0.15) is 5.82 Å². The minimum atomic E-state index is -0.502. The van der Waals surface area contributed by atoms with Gasteiger partial charge in [-0.05, 0) is 79.9 Å². The molecule has 2 N–H and O–H groups in total. The summed E-state index contributed by atoms with van der Waals surface area (Å²) in [6.07, 6.45) is 7.41. The highest BCUT2D eigenvalue weighted by Crippen LogP contribution is 2.62. The van der Waals surface area contributed by atoms with Crippen LogP contribution in [-0.4, -0.2) is 23.2 Å². The molecule has 3 nitrogen and oxygen atoms in total. The summed E-state index contributed by atoms with van der Waals surface area (Å²) in [5.74, 6) is 1.09. The van der Waals surface area contributed by atoms with Crippen molar-refractivity contribution in [2.24, 2.45) is 17.3 Å². The van der Waals surface area contributed by atoms with Crippen molar-refractivity contribution in [3.63, 3.8) is 0 Å². The van der Waals surface area contributed by atoms with Crippen molar-refractivity contribution < 1.29 is 14.3 Å². The topological polar surface area (TPSA) is 49.3 Å². The Hall–Kier alpha value is -1.42. The molecule has 5 rings (SSSR count). The van der Waals surface area contributed by atoms with Crippen molar-refractivity contribution in [3.05, 3.63) is 35.6 Å². The van der Waals surface area contributed by atoms with E-state index < -0.39 is 5.60 Å². The smallest absolute Gasteiger partial charge is 0.220 e. The second-order valence-corrected chi connectivity index (χ2v) is 8.59. The van der Waals surface area contributed by atoms with Crippen molar-refractivity contribution in [1.82, 2.24) is 5.32 Å². The third-order valence-electron chi connectivity index (χ3n) is 6.34. The van der Waals surface area contributed by atoms with E-state index in [1.54, 1.807) is 12.1 Å². The molecule has 0 radical (unpaired) electrons. The monoisotopic (exact) mass is 331 g/mol. The van der Waals surface area contributed by atoms with Gasteiger partial charge in [0.05, 0.1) is 5.60 Å². The van der Waals surface area contributed by atoms with E-state index in [-0.39, 0.29) is 17.1 Å². The van der Waals surface area contributed by atoms with Crippen LogP contribution in [0.5, 0.6) is 0 Å². The fraction of sp³-hybridized carbons (Fsp3) is 0.650. The highest BCUT2D eigenvalue weighted by molar-refractivity contribution is 5.76. The van der Waals surface area contributed by atoms with Gasteiger partial charge in [-0.3, -0.25) is 4.79 Å². The Morgan fingerprint density at radius 2 is 1.83 bits per heavy atom. The summed E-state index contributed by atoms with van der Waals surface area (Å²) in [6.45, 7) is 0.581. The SMILES string of the molecule is O=C(CC12CC3CC(CC(O)(C3)C1)C2)NCCc1ccc(F)cc1. The maximum absolute atomic E-state index is 12.9. The van der Waals surface area contributed by atoms with E-state index in [2.05, 4.69) is 5.32 Å². The van der Waals surface area contributed by atoms with E-state index in [1.165, 1.54) is 18.6 Å². The molecule has 4 heteroatoms. The molecule has 2 unspecified atom stereocenters. The van der Waals surface area contributed by atoms with Crippen molar-refractivity contribution in [2.45, 2.75) is 57.0 Å². The Kier molecular flexibility index (Phi) is 3.91. The number of hydrogen-bond donors (Lipinski definition) is 2. The van der Waals surface area contributed by atoms with Crippen molar-refractivity contribution in [1.29, 1.82) is 0 Å². The number of benzene rings is 1. The van der Waals surface area contributed by atoms with Crippen LogP contribution < -0.4 is 5.32 Å². The third kappa shape index (κ3) is 3.21. The van der Waals surface area contributed by atoms with Crippen LogP contribution in [0.25, 0.3) is 0 Å². The fourth-order valence-corrected chi connectivity index (χ4v) is 6.01. The van der Waals surface area contributed by atoms with E-state index in [9.17, 15) is 14.3 Å². The molecule has 24 heavy (non-hydrogen) atoms. The van der Waals surface area contributed by atoms with Gasteiger partial charge in [0.15, 0.2) is 0 Å². The van der Waals surface area contributed by atoms with Gasteiger partial charge in [0.2, 0.25) is 5.91 Å². The number of aliphatic hydroxyl groups is 1. The summed E-state index contributed by atoms with van der Waals surface area (Å²) in [4.78, 5) is 12.4. The summed E-state index contributed by atoms with van der Waals surface area (Å²) < 4.78 is 12.9. The first-order valence-electron chi connectivity index (χ1n) is 9.17. The van der Waals surface area contributed by atoms with Crippen LogP contribution in [-0.2, 0) is 11.2 Å². The molecule has 4 fully saturated rings. The molecule has 0 saturated heterocycles. The van der Waals surface area contributed by atoms with Gasteiger partial charge < -0.3 is 10.4 Å². The maximum atomic E-state index is 12.9. The molecule has 0 spiro atoms. The zero-order valence-corrected chi connectivity index (χ0v) is 14.1. The van der Waals surface area contributed by atoms with E-state index in [4.69, 9.17) is 0 Å². The van der Waals surface area contributed by atoms with Crippen LogP contribution in [0, 0.1) is 23.1 Å². The van der Waals surface area contributed by atoms with Gasteiger partial charge >= 0.3 is 0 Å². The Morgan fingerprint density at radius 3 is 2.46 bits per heavy atom. The summed E-state index contributed by atoms with van der Waals surface area (Å²) >= 11 is 0. The van der Waals surface area contributed by atoms with Crippen LogP contribution in [0.2, 0.25) is 0 Å². The predicted molar refractivity (Wildman–Crippen MR) is 89.8 cm³/mol. The number of amides is 1. The van der Waals surface area contributed by atoms with Crippen LogP contribution >= 0.6 is 0 Å². The summed E-state index contributed by atoms with van der Waals surface area (Å²) in [6, 6.07) is 6.42. The molecule has 4 saturated carbocycles. The van der Waals surface area contributed by atoms with E-state index in [0.29, 0.717) is 31.2 Å². The molecule has 1 aromatic rings. The first kappa shape index (κ1) is 16.1. The molecule has 0 heterocycles. The van der Waals surface area contributed by atoms with E-state index >= 15 is 0 Å². The number of rotatable bonds is 5. The molecule has 130 valence electrons. The molecule has 1 amide bonds. The van der Waals surface area contributed by atoms with E-state index in [0.717, 1.165) is 37.7 Å². The highest BCUT2D eigenvalue weighted by atomic mass is 19.1. The molecule has 4 aliphatic rings. The molecular weight excluding hydrogens is 305 g/mol. The number of nitrogens with one attached hydrogen (secondary N) is 1. The lowest BCUT2D eigenvalue weighted by molar-refractivity contribution is -0.169. The molecule has 4 aliphatic carbocycles. The number of halogens is 1. The van der Waals surface area contributed by atoms with Gasteiger partial charge in [-0.25, -0.2) is 4.39 Å². The molecule has 1 aromatic carbocycles. The van der Waals surface area contributed by atoms with Gasteiger partial charge in [0.25, 0.3) is 0 Å². The zero-order chi connectivity index (χ0) is 16.8. The van der Waals surface area contributed by atoms with Crippen molar-refractivity contribution in [2.75, 3.05) is 6.54 Å². The number of carbonyl (C=O) groups is 1. The summed E-state index contributed by atoms with van der Waals surface area (Å²) in [5.41, 5.74) is 0.554. The summed E-state index contributed by atoms with van der Waals surface area (Å²) in [5, 5.41) is 13.8. The van der Waals surface area contributed by atoms with Crippen LogP contribution in [0.3, 0.4) is 0 Å². The first-order chi connectivity index (χ1) is 11.4. The van der Waals surface area contributed by atoms with Gasteiger partial charge in [0, 0.05) is 13.0 Å². The normalized spacial score (nSPS) is 36.8. The zero-order valence-electron chi connectivity index (χ0n) is 14.1. The standard InChI is InChI=1S/C20H26FNO2/c21-17-3-1-14(2-4-17)5-6-22-18(23)12-19-8-15-7-16(9-19)11-20(24,10-15)13-19/h1-4,15-16,24H,5-13H2,(H,22,23). The highest BCUT2D eigenvalue weighted by Gasteiger charge is 2.57. The minimum Gasteiger partial charge on any atom is -0.390 e. The molecular formula is C20H26FNO2. The first-order valence-corrected chi connectivity index (χ1v) is 9.17. The fourth-order valence-electron chi connectivity index (χ4n) is 6.01. The van der Waals surface area contributed by atoms with E-state index in [1.807, 2.05) is 0 Å². The van der Waals surface area contributed by atoms with Gasteiger partial charge in [-0.1, -0.05) is 12.1 Å². The average Bonchev–Trinajstić information content (AvgIpc) is 2.46. The van der Waals surface area contributed by atoms with Crippen LogP contribution in [0.1, 0.15) is 50.5 Å². The van der Waals surface area contributed by atoms with Crippen LogP contribution in [0.15, 0.2) is 24.3 Å². The average molecular weight is 331 g/mol. The second kappa shape index (κ2) is 5.83. The minimum absolute atomic E-state index is 0.0266. The van der Waals surface area contributed by atoms with Crippen molar-refractivity contribution >= 4 is 5.91 Å². The lowest BCUT2D eigenvalue weighted by Crippen LogP contribution is -2.56. The molecule has 0 aromatic heterocycles. The maximum Gasteiger partial charge on any atom is 0.220 e. The quantitative estimate of drug-likeness (QED) is 0.870. The lowest BCUT2D eigenvalue weighted by atomic mass is 9.47.